The lowest BCUT2D eigenvalue weighted by Gasteiger charge is -2.45. The fourth-order valence-corrected chi connectivity index (χ4v) is 5.89. The molecule has 4 aliphatic heterocycles. The van der Waals surface area contributed by atoms with Gasteiger partial charge in [0.05, 0.1) is 5.92 Å². The van der Waals surface area contributed by atoms with Crippen molar-refractivity contribution >= 4 is 11.8 Å². The van der Waals surface area contributed by atoms with Crippen molar-refractivity contribution in [1.29, 1.82) is 0 Å². The Bertz CT molecular complexity index is 842. The maximum absolute atomic E-state index is 13.2. The average molecular weight is 428 g/mol. The van der Waals surface area contributed by atoms with Gasteiger partial charge in [-0.2, -0.15) is 0 Å². The van der Waals surface area contributed by atoms with Crippen molar-refractivity contribution in [3.63, 3.8) is 0 Å². The van der Waals surface area contributed by atoms with Crippen LogP contribution in [0.2, 0.25) is 0 Å². The third-order valence-corrected chi connectivity index (χ3v) is 7.49. The Balaban J connectivity index is 1.17. The smallest absolute Gasteiger partial charge is 0.231 e. The topological polar surface area (TPSA) is 62.3 Å². The summed E-state index contributed by atoms with van der Waals surface area (Å²) >= 11 is 0. The minimum atomic E-state index is -0.238. The summed E-state index contributed by atoms with van der Waals surface area (Å²) < 4.78 is 10.8. The Morgan fingerprint density at radius 2 is 1.97 bits per heavy atom. The summed E-state index contributed by atoms with van der Waals surface area (Å²) in [6.45, 7) is 4.48. The van der Waals surface area contributed by atoms with Gasteiger partial charge in [0.2, 0.25) is 18.6 Å². The van der Waals surface area contributed by atoms with Crippen LogP contribution in [0.5, 0.6) is 11.5 Å². The Morgan fingerprint density at radius 1 is 1.13 bits per heavy atom. The van der Waals surface area contributed by atoms with Crippen LogP contribution in [0.1, 0.15) is 44.1 Å². The zero-order chi connectivity index (χ0) is 21.4. The molecular weight excluding hydrogens is 394 g/mol. The molecule has 2 amide bonds. The maximum atomic E-state index is 13.2. The van der Waals surface area contributed by atoms with Gasteiger partial charge in [-0.1, -0.05) is 12.5 Å². The lowest BCUT2D eigenvalue weighted by molar-refractivity contribution is -0.135. The molecule has 0 spiro atoms. The summed E-state index contributed by atoms with van der Waals surface area (Å²) in [4.78, 5) is 32.1. The molecule has 7 nitrogen and oxygen atoms in total. The molecule has 4 aliphatic rings. The van der Waals surface area contributed by atoms with Gasteiger partial charge in [-0.25, -0.2) is 0 Å². The van der Waals surface area contributed by atoms with Gasteiger partial charge in [-0.3, -0.25) is 9.59 Å². The Morgan fingerprint density at radius 3 is 2.87 bits per heavy atom. The number of benzene rings is 1. The first-order valence-electron chi connectivity index (χ1n) is 11.7. The number of piperidine rings is 2. The van der Waals surface area contributed by atoms with Gasteiger partial charge in [0.25, 0.3) is 0 Å². The predicted octanol–water partition coefficient (Wildman–Crippen LogP) is 2.49. The molecule has 0 bridgehead atoms. The first kappa shape index (κ1) is 20.6. The number of likely N-dealkylation sites (tertiary alicyclic amines) is 1. The molecule has 1 aromatic rings. The molecule has 3 fully saturated rings. The lowest BCUT2D eigenvalue weighted by Crippen LogP contribution is -2.51. The van der Waals surface area contributed by atoms with Gasteiger partial charge >= 0.3 is 0 Å². The molecule has 3 atom stereocenters. The van der Waals surface area contributed by atoms with Crippen molar-refractivity contribution in [1.82, 2.24) is 14.7 Å². The van der Waals surface area contributed by atoms with E-state index in [0.717, 1.165) is 23.6 Å². The van der Waals surface area contributed by atoms with E-state index in [9.17, 15) is 9.59 Å². The average Bonchev–Trinajstić information content (AvgIpc) is 3.39. The molecule has 0 radical (unpaired) electrons. The first-order chi connectivity index (χ1) is 15.1. The minimum absolute atomic E-state index is 0.0561. The number of amides is 2. The summed E-state index contributed by atoms with van der Waals surface area (Å²) in [6, 6.07) is 6.40. The van der Waals surface area contributed by atoms with Gasteiger partial charge in [0, 0.05) is 39.1 Å². The molecule has 0 N–H and O–H groups in total. The van der Waals surface area contributed by atoms with E-state index in [4.69, 9.17) is 9.47 Å². The number of nitrogens with zero attached hydrogens (tertiary/aromatic N) is 3. The SMILES string of the molecule is CN(C[C@@H]1CCCN2CCCC[C@H]12)C(=O)[C@@H]1CC(=O)N(Cc2ccc3c(c2)OCO3)C1. The van der Waals surface area contributed by atoms with E-state index >= 15 is 0 Å². The maximum Gasteiger partial charge on any atom is 0.231 e. The first-order valence-corrected chi connectivity index (χ1v) is 11.7. The molecule has 4 heterocycles. The van der Waals surface area contributed by atoms with Crippen molar-refractivity contribution in [2.75, 3.05) is 40.0 Å². The summed E-state index contributed by atoms with van der Waals surface area (Å²) in [5.74, 6) is 1.96. The highest BCUT2D eigenvalue weighted by Crippen LogP contribution is 2.34. The van der Waals surface area contributed by atoms with Crippen molar-refractivity contribution in [3.8, 4) is 11.5 Å². The summed E-state index contributed by atoms with van der Waals surface area (Å²) in [6.07, 6.45) is 6.63. The molecule has 0 aliphatic carbocycles. The van der Waals surface area contributed by atoms with Crippen LogP contribution in [0.4, 0.5) is 0 Å². The van der Waals surface area contributed by atoms with Crippen LogP contribution in [0.25, 0.3) is 0 Å². The molecule has 1 aromatic carbocycles. The fourth-order valence-electron chi connectivity index (χ4n) is 5.89. The molecule has 0 unspecified atom stereocenters. The van der Waals surface area contributed by atoms with Gasteiger partial charge in [-0.05, 0) is 62.4 Å². The summed E-state index contributed by atoms with van der Waals surface area (Å²) in [7, 11) is 1.93. The molecule has 168 valence electrons. The van der Waals surface area contributed by atoms with Gasteiger partial charge in [0.1, 0.15) is 0 Å². The quantitative estimate of drug-likeness (QED) is 0.723. The predicted molar refractivity (Wildman–Crippen MR) is 116 cm³/mol. The Hall–Kier alpha value is -2.28. The van der Waals surface area contributed by atoms with Crippen LogP contribution in [-0.4, -0.2) is 72.6 Å². The van der Waals surface area contributed by atoms with Crippen LogP contribution in [-0.2, 0) is 16.1 Å². The zero-order valence-corrected chi connectivity index (χ0v) is 18.4. The number of hydrogen-bond acceptors (Lipinski definition) is 5. The van der Waals surface area contributed by atoms with Crippen LogP contribution < -0.4 is 9.47 Å². The van der Waals surface area contributed by atoms with Crippen LogP contribution in [0.15, 0.2) is 18.2 Å². The third-order valence-electron chi connectivity index (χ3n) is 7.49. The number of rotatable bonds is 5. The third kappa shape index (κ3) is 4.25. The van der Waals surface area contributed by atoms with Gasteiger partial charge < -0.3 is 24.2 Å². The van der Waals surface area contributed by atoms with E-state index in [0.29, 0.717) is 31.5 Å². The Labute approximate surface area is 184 Å². The molecular formula is C24H33N3O4. The molecule has 0 saturated carbocycles. The standard InChI is InChI=1S/C24H33N3O4/c1-25(14-18-5-4-10-26-9-3-2-6-20(18)26)24(29)19-12-23(28)27(15-19)13-17-7-8-21-22(11-17)31-16-30-21/h7-8,11,18-20H,2-6,9-10,12-16H2,1H3/t18-,19+,20+/m0/s1. The van der Waals surface area contributed by atoms with E-state index in [2.05, 4.69) is 4.90 Å². The second-order valence-electron chi connectivity index (χ2n) is 9.58. The highest BCUT2D eigenvalue weighted by Gasteiger charge is 2.38. The van der Waals surface area contributed by atoms with E-state index in [-0.39, 0.29) is 24.5 Å². The molecule has 7 heteroatoms. The monoisotopic (exact) mass is 427 g/mol. The van der Waals surface area contributed by atoms with Crippen LogP contribution >= 0.6 is 0 Å². The van der Waals surface area contributed by atoms with E-state index in [1.807, 2.05) is 30.1 Å². The fraction of sp³-hybridized carbons (Fsp3) is 0.667. The minimum Gasteiger partial charge on any atom is -0.454 e. The van der Waals surface area contributed by atoms with Crippen molar-refractivity contribution in [3.05, 3.63) is 23.8 Å². The van der Waals surface area contributed by atoms with Gasteiger partial charge in [0.15, 0.2) is 11.5 Å². The molecule has 0 aromatic heterocycles. The second-order valence-corrected chi connectivity index (χ2v) is 9.58. The zero-order valence-electron chi connectivity index (χ0n) is 18.4. The number of fused-ring (bicyclic) bond motifs is 2. The van der Waals surface area contributed by atoms with Crippen LogP contribution in [0.3, 0.4) is 0 Å². The van der Waals surface area contributed by atoms with Crippen molar-refractivity contribution in [2.45, 2.75) is 51.1 Å². The van der Waals surface area contributed by atoms with E-state index in [1.165, 1.54) is 45.2 Å². The normalized spacial score (nSPS) is 28.0. The van der Waals surface area contributed by atoms with Crippen LogP contribution in [0, 0.1) is 11.8 Å². The van der Waals surface area contributed by atoms with E-state index < -0.39 is 0 Å². The van der Waals surface area contributed by atoms with E-state index in [1.54, 1.807) is 4.90 Å². The number of carbonyl (C=O) groups is 2. The largest absolute Gasteiger partial charge is 0.454 e. The highest BCUT2D eigenvalue weighted by atomic mass is 16.7. The van der Waals surface area contributed by atoms with Crippen molar-refractivity contribution in [2.24, 2.45) is 11.8 Å². The second kappa shape index (κ2) is 8.69. The number of carbonyl (C=O) groups excluding carboxylic acids is 2. The number of ether oxygens (including phenoxy) is 2. The summed E-state index contributed by atoms with van der Waals surface area (Å²) in [5.41, 5.74) is 0.999. The highest BCUT2D eigenvalue weighted by molar-refractivity contribution is 5.89. The molecule has 3 saturated heterocycles. The van der Waals surface area contributed by atoms with Gasteiger partial charge in [-0.15, -0.1) is 0 Å². The lowest BCUT2D eigenvalue weighted by atomic mass is 9.83. The molecule has 31 heavy (non-hydrogen) atoms. The summed E-state index contributed by atoms with van der Waals surface area (Å²) in [5, 5.41) is 0. The van der Waals surface area contributed by atoms with Crippen molar-refractivity contribution < 1.29 is 19.1 Å². The molecule has 5 rings (SSSR count). The number of hydrogen-bond donors (Lipinski definition) is 0. The Kier molecular flexibility index (Phi) is 5.78.